The van der Waals surface area contributed by atoms with Gasteiger partial charge in [-0.1, -0.05) is 18.2 Å². The van der Waals surface area contributed by atoms with Crippen LogP contribution in [0.5, 0.6) is 11.5 Å². The van der Waals surface area contributed by atoms with E-state index in [0.29, 0.717) is 16.7 Å². The second-order valence-electron chi connectivity index (χ2n) is 5.65. The van der Waals surface area contributed by atoms with E-state index in [4.69, 9.17) is 4.74 Å². The minimum Gasteiger partial charge on any atom is -0.494 e. The van der Waals surface area contributed by atoms with Crippen molar-refractivity contribution in [1.82, 2.24) is 9.71 Å². The first-order valence-corrected chi connectivity index (χ1v) is 9.44. The minimum absolute atomic E-state index is 0.0411. The van der Waals surface area contributed by atoms with Gasteiger partial charge in [-0.15, -0.1) is 13.2 Å². The molecule has 3 aromatic rings. The van der Waals surface area contributed by atoms with Gasteiger partial charge in [0.1, 0.15) is 17.0 Å². The van der Waals surface area contributed by atoms with Crippen molar-refractivity contribution in [2.45, 2.75) is 17.8 Å². The zero-order valence-electron chi connectivity index (χ0n) is 14.5. The van der Waals surface area contributed by atoms with E-state index in [1.165, 1.54) is 43.6 Å². The van der Waals surface area contributed by atoms with E-state index >= 15 is 0 Å². The van der Waals surface area contributed by atoms with E-state index in [1.807, 2.05) is 0 Å². The van der Waals surface area contributed by atoms with Crippen molar-refractivity contribution in [2.75, 3.05) is 7.11 Å². The van der Waals surface area contributed by atoms with Crippen molar-refractivity contribution in [3.63, 3.8) is 0 Å². The maximum absolute atomic E-state index is 12.8. The number of halogens is 3. The first-order valence-electron chi connectivity index (χ1n) is 7.96. The van der Waals surface area contributed by atoms with Crippen LogP contribution in [0.3, 0.4) is 0 Å². The molecule has 1 aromatic heterocycles. The SMILES string of the molecule is COc1ccc(S(=O)(=O)NCc2ccccc2OC(F)(F)F)c2cccnc12. The van der Waals surface area contributed by atoms with Gasteiger partial charge in [-0.2, -0.15) is 0 Å². The van der Waals surface area contributed by atoms with Crippen molar-refractivity contribution in [2.24, 2.45) is 0 Å². The smallest absolute Gasteiger partial charge is 0.494 e. The number of nitrogens with one attached hydrogen (secondary N) is 1. The van der Waals surface area contributed by atoms with Gasteiger partial charge < -0.3 is 9.47 Å². The fourth-order valence-corrected chi connectivity index (χ4v) is 3.85. The number of methoxy groups -OCH3 is 1. The van der Waals surface area contributed by atoms with Crippen LogP contribution in [0.25, 0.3) is 10.9 Å². The lowest BCUT2D eigenvalue weighted by Gasteiger charge is -2.14. The van der Waals surface area contributed by atoms with Crippen molar-refractivity contribution in [3.05, 3.63) is 60.3 Å². The number of para-hydroxylation sites is 1. The highest BCUT2D eigenvalue weighted by Crippen LogP contribution is 2.30. The molecule has 0 fully saturated rings. The average molecular weight is 412 g/mol. The molecule has 2 aromatic carbocycles. The van der Waals surface area contributed by atoms with E-state index in [9.17, 15) is 21.6 Å². The third kappa shape index (κ3) is 4.34. The third-order valence-corrected chi connectivity index (χ3v) is 5.31. The molecule has 0 spiro atoms. The number of rotatable bonds is 6. The zero-order chi connectivity index (χ0) is 20.4. The van der Waals surface area contributed by atoms with Gasteiger partial charge >= 0.3 is 6.36 Å². The van der Waals surface area contributed by atoms with Gasteiger partial charge in [0.05, 0.1) is 12.0 Å². The van der Waals surface area contributed by atoms with E-state index in [0.717, 1.165) is 6.07 Å². The van der Waals surface area contributed by atoms with Crippen LogP contribution < -0.4 is 14.2 Å². The molecule has 10 heteroatoms. The van der Waals surface area contributed by atoms with E-state index in [2.05, 4.69) is 14.4 Å². The Balaban J connectivity index is 1.92. The maximum Gasteiger partial charge on any atom is 0.573 e. The van der Waals surface area contributed by atoms with E-state index in [-0.39, 0.29) is 17.0 Å². The summed E-state index contributed by atoms with van der Waals surface area (Å²) >= 11 is 0. The molecule has 148 valence electrons. The Kier molecular flexibility index (Phi) is 5.43. The Morgan fingerprint density at radius 2 is 1.79 bits per heavy atom. The summed E-state index contributed by atoms with van der Waals surface area (Å²) in [5.41, 5.74) is 0.396. The Morgan fingerprint density at radius 1 is 1.04 bits per heavy atom. The van der Waals surface area contributed by atoms with Gasteiger partial charge in [-0.05, 0) is 30.3 Å². The fraction of sp³-hybridized carbons (Fsp3) is 0.167. The topological polar surface area (TPSA) is 77.5 Å². The highest BCUT2D eigenvalue weighted by Gasteiger charge is 2.32. The van der Waals surface area contributed by atoms with Crippen molar-refractivity contribution < 1.29 is 31.1 Å². The average Bonchev–Trinajstić information content (AvgIpc) is 2.65. The van der Waals surface area contributed by atoms with Crippen LogP contribution in [0.1, 0.15) is 5.56 Å². The number of fused-ring (bicyclic) bond motifs is 1. The molecule has 6 nitrogen and oxygen atoms in total. The van der Waals surface area contributed by atoms with Crippen LogP contribution >= 0.6 is 0 Å². The van der Waals surface area contributed by atoms with Gasteiger partial charge in [0, 0.05) is 23.7 Å². The van der Waals surface area contributed by atoms with E-state index in [1.54, 1.807) is 12.1 Å². The Labute approximate surface area is 159 Å². The standard InChI is InChI=1S/C18H15F3N2O4S/c1-26-15-8-9-16(13-6-4-10-22-17(13)15)28(24,25)23-11-12-5-2-3-7-14(12)27-18(19,20)21/h2-10,23H,11H2,1H3. The lowest BCUT2D eigenvalue weighted by molar-refractivity contribution is -0.274. The highest BCUT2D eigenvalue weighted by atomic mass is 32.2. The molecule has 0 unspecified atom stereocenters. The molecule has 0 aliphatic rings. The summed E-state index contributed by atoms with van der Waals surface area (Å²) < 4.78 is 74.6. The Hall–Kier alpha value is -2.85. The third-order valence-electron chi connectivity index (χ3n) is 3.85. The largest absolute Gasteiger partial charge is 0.573 e. The van der Waals surface area contributed by atoms with Crippen molar-refractivity contribution >= 4 is 20.9 Å². The van der Waals surface area contributed by atoms with Gasteiger partial charge in [0.15, 0.2) is 0 Å². The summed E-state index contributed by atoms with van der Waals surface area (Å²) in [6.07, 6.45) is -3.38. The number of alkyl halides is 3. The first-order chi connectivity index (χ1) is 13.2. The van der Waals surface area contributed by atoms with Crippen molar-refractivity contribution in [3.8, 4) is 11.5 Å². The summed E-state index contributed by atoms with van der Waals surface area (Å²) in [5, 5.41) is 0.328. The van der Waals surface area contributed by atoms with Crippen LogP contribution in [-0.4, -0.2) is 26.9 Å². The predicted molar refractivity (Wildman–Crippen MR) is 95.4 cm³/mol. The van der Waals surface area contributed by atoms with Gasteiger partial charge in [0.2, 0.25) is 10.0 Å². The molecule has 0 amide bonds. The van der Waals surface area contributed by atoms with Crippen LogP contribution in [0.15, 0.2) is 59.6 Å². The highest BCUT2D eigenvalue weighted by molar-refractivity contribution is 7.89. The summed E-state index contributed by atoms with van der Waals surface area (Å²) in [6, 6.07) is 11.3. The molecule has 1 heterocycles. The monoisotopic (exact) mass is 412 g/mol. The normalized spacial score (nSPS) is 12.1. The number of nitrogens with zero attached hydrogens (tertiary/aromatic N) is 1. The van der Waals surface area contributed by atoms with E-state index < -0.39 is 22.1 Å². The lowest BCUT2D eigenvalue weighted by Crippen LogP contribution is -2.25. The molecule has 0 bridgehead atoms. The maximum atomic E-state index is 12.8. The number of benzene rings is 2. The van der Waals surface area contributed by atoms with Crippen LogP contribution in [0.2, 0.25) is 0 Å². The summed E-state index contributed by atoms with van der Waals surface area (Å²) in [5.74, 6) is -0.0718. The number of ether oxygens (including phenoxy) is 2. The van der Waals surface area contributed by atoms with Crippen LogP contribution in [0.4, 0.5) is 13.2 Å². The number of pyridine rings is 1. The molecule has 0 aliphatic carbocycles. The summed E-state index contributed by atoms with van der Waals surface area (Å²) in [4.78, 5) is 4.07. The quantitative estimate of drug-likeness (QED) is 0.669. The molecule has 0 atom stereocenters. The van der Waals surface area contributed by atoms with Crippen LogP contribution in [-0.2, 0) is 16.6 Å². The molecule has 0 saturated carbocycles. The van der Waals surface area contributed by atoms with Crippen LogP contribution in [0, 0.1) is 0 Å². The molecule has 1 N–H and O–H groups in total. The molecular formula is C18H15F3N2O4S. The second-order valence-corrected chi connectivity index (χ2v) is 7.38. The summed E-state index contributed by atoms with van der Waals surface area (Å²) in [6.45, 7) is -0.387. The molecule has 0 saturated heterocycles. The predicted octanol–water partition coefficient (Wildman–Crippen LogP) is 3.62. The molecule has 28 heavy (non-hydrogen) atoms. The van der Waals surface area contributed by atoms with Gasteiger partial charge in [0.25, 0.3) is 0 Å². The first kappa shape index (κ1) is 19.9. The fourth-order valence-electron chi connectivity index (χ4n) is 2.64. The number of aromatic nitrogens is 1. The lowest BCUT2D eigenvalue weighted by atomic mass is 10.2. The van der Waals surface area contributed by atoms with Gasteiger partial charge in [-0.25, -0.2) is 13.1 Å². The second kappa shape index (κ2) is 7.64. The zero-order valence-corrected chi connectivity index (χ0v) is 15.3. The number of hydrogen-bond donors (Lipinski definition) is 1. The molecule has 0 radical (unpaired) electrons. The molecule has 0 aliphatic heterocycles. The van der Waals surface area contributed by atoms with Gasteiger partial charge in [-0.3, -0.25) is 4.98 Å². The Bertz CT molecular complexity index is 1100. The molecular weight excluding hydrogens is 397 g/mol. The number of hydrogen-bond acceptors (Lipinski definition) is 5. The number of sulfonamides is 1. The van der Waals surface area contributed by atoms with Crippen molar-refractivity contribution in [1.29, 1.82) is 0 Å². The summed E-state index contributed by atoms with van der Waals surface area (Å²) in [7, 11) is -2.61. The molecule has 3 rings (SSSR count). The Morgan fingerprint density at radius 3 is 2.50 bits per heavy atom. The minimum atomic E-state index is -4.88.